The number of aryl methyl sites for hydroxylation is 1. The van der Waals surface area contributed by atoms with Crippen LogP contribution in [-0.2, 0) is 4.79 Å². The Hall–Kier alpha value is -2.04. The molecule has 118 valence electrons. The van der Waals surface area contributed by atoms with E-state index in [2.05, 4.69) is 0 Å². The van der Waals surface area contributed by atoms with E-state index in [-0.39, 0.29) is 13.2 Å². The molecule has 0 radical (unpaired) electrons. The van der Waals surface area contributed by atoms with Crippen LogP contribution in [-0.4, -0.2) is 24.8 Å². The van der Waals surface area contributed by atoms with Crippen LogP contribution in [0.15, 0.2) is 36.4 Å². The third-order valence-electron chi connectivity index (χ3n) is 3.59. The largest absolute Gasteiger partial charge is 0.490 e. The number of halogens is 2. The van der Waals surface area contributed by atoms with E-state index in [1.807, 2.05) is 13.0 Å². The highest BCUT2D eigenvalue weighted by molar-refractivity contribution is 6.52. The van der Waals surface area contributed by atoms with E-state index in [0.717, 1.165) is 5.56 Å². The van der Waals surface area contributed by atoms with Crippen LogP contribution < -0.4 is 9.64 Å². The maximum Gasteiger partial charge on any atom is 0.299 e. The Bertz CT molecular complexity index is 804. The minimum absolute atomic E-state index is 0.201. The highest BCUT2D eigenvalue weighted by atomic mass is 35.5. The van der Waals surface area contributed by atoms with Crippen molar-refractivity contribution in [1.29, 1.82) is 0 Å². The van der Waals surface area contributed by atoms with Gasteiger partial charge in [-0.2, -0.15) is 0 Å². The Kier molecular flexibility index (Phi) is 4.28. The van der Waals surface area contributed by atoms with Crippen molar-refractivity contribution in [2.45, 2.75) is 6.92 Å². The molecule has 0 saturated heterocycles. The Morgan fingerprint density at radius 1 is 1.09 bits per heavy atom. The van der Waals surface area contributed by atoms with Gasteiger partial charge in [0, 0.05) is 11.1 Å². The third-order valence-corrected chi connectivity index (χ3v) is 4.14. The van der Waals surface area contributed by atoms with Crippen LogP contribution in [0.4, 0.5) is 5.69 Å². The van der Waals surface area contributed by atoms with E-state index in [1.54, 1.807) is 30.3 Å². The second kappa shape index (κ2) is 6.22. The van der Waals surface area contributed by atoms with Gasteiger partial charge in [-0.15, -0.1) is 0 Å². The molecule has 0 aliphatic carbocycles. The molecule has 0 fully saturated rings. The summed E-state index contributed by atoms with van der Waals surface area (Å²) in [6, 6.07) is 10.3. The van der Waals surface area contributed by atoms with Crippen LogP contribution in [0.3, 0.4) is 0 Å². The van der Waals surface area contributed by atoms with E-state index < -0.39 is 11.7 Å². The predicted octanol–water partition coefficient (Wildman–Crippen LogP) is 3.91. The molecule has 2 aromatic rings. The summed E-state index contributed by atoms with van der Waals surface area (Å²) >= 11 is 11.9. The minimum atomic E-state index is -0.536. The van der Waals surface area contributed by atoms with Gasteiger partial charge in [-0.25, -0.2) is 0 Å². The molecule has 1 amide bonds. The molecule has 2 aromatic carbocycles. The molecule has 0 saturated carbocycles. The van der Waals surface area contributed by atoms with E-state index in [1.165, 1.54) is 4.90 Å². The molecule has 4 nitrogen and oxygen atoms in total. The van der Waals surface area contributed by atoms with Gasteiger partial charge in [0.25, 0.3) is 11.7 Å². The number of ether oxygens (including phenoxy) is 1. The molecule has 23 heavy (non-hydrogen) atoms. The van der Waals surface area contributed by atoms with Gasteiger partial charge in [-0.05, 0) is 31.2 Å². The Morgan fingerprint density at radius 3 is 2.65 bits per heavy atom. The molecule has 3 rings (SSSR count). The van der Waals surface area contributed by atoms with Crippen LogP contribution >= 0.6 is 23.2 Å². The van der Waals surface area contributed by atoms with E-state index in [0.29, 0.717) is 27.0 Å². The fourth-order valence-corrected chi connectivity index (χ4v) is 2.81. The van der Waals surface area contributed by atoms with Crippen molar-refractivity contribution in [3.8, 4) is 5.75 Å². The number of rotatable bonds is 4. The Balaban J connectivity index is 1.73. The molecule has 0 atom stereocenters. The number of amides is 1. The van der Waals surface area contributed by atoms with Crippen molar-refractivity contribution in [2.24, 2.45) is 0 Å². The number of anilines is 1. The average molecular weight is 350 g/mol. The lowest BCUT2D eigenvalue weighted by atomic mass is 10.1. The molecule has 0 spiro atoms. The third kappa shape index (κ3) is 3.05. The fourth-order valence-electron chi connectivity index (χ4n) is 2.47. The summed E-state index contributed by atoms with van der Waals surface area (Å²) in [6.45, 7) is 2.33. The first kappa shape index (κ1) is 15.8. The fraction of sp³-hybridized carbons (Fsp3) is 0.176. The van der Waals surface area contributed by atoms with E-state index in [4.69, 9.17) is 27.9 Å². The molecular formula is C17H13Cl2NO3. The number of ketones is 1. The van der Waals surface area contributed by atoms with Gasteiger partial charge < -0.3 is 9.64 Å². The van der Waals surface area contributed by atoms with E-state index >= 15 is 0 Å². The number of carbonyl (C=O) groups excluding carboxylic acids is 2. The Labute approximate surface area is 143 Å². The predicted molar refractivity (Wildman–Crippen MR) is 89.8 cm³/mol. The summed E-state index contributed by atoms with van der Waals surface area (Å²) in [5.41, 5.74) is 2.00. The summed E-state index contributed by atoms with van der Waals surface area (Å²) in [5, 5.41) is 0.951. The molecule has 0 N–H and O–H groups in total. The van der Waals surface area contributed by atoms with Crippen LogP contribution in [0.5, 0.6) is 5.75 Å². The first-order valence-electron chi connectivity index (χ1n) is 7.02. The number of fused-ring (bicyclic) bond motifs is 1. The zero-order valence-electron chi connectivity index (χ0n) is 12.3. The quantitative estimate of drug-likeness (QED) is 0.786. The highest BCUT2D eigenvalue weighted by Crippen LogP contribution is 2.30. The molecule has 1 heterocycles. The monoisotopic (exact) mass is 349 g/mol. The zero-order valence-corrected chi connectivity index (χ0v) is 13.8. The molecule has 6 heteroatoms. The molecule has 0 bridgehead atoms. The normalized spacial score (nSPS) is 13.4. The maximum atomic E-state index is 12.1. The molecule has 1 aliphatic rings. The summed E-state index contributed by atoms with van der Waals surface area (Å²) in [4.78, 5) is 25.6. The standard InChI is InChI=1S/C17H13Cl2NO3/c1-10-2-5-14-12(8-10)16(21)17(22)20(14)6-7-23-15-9-11(18)3-4-13(15)19/h2-5,8-9H,6-7H2,1H3. The highest BCUT2D eigenvalue weighted by Gasteiger charge is 2.35. The van der Waals surface area contributed by atoms with Gasteiger partial charge >= 0.3 is 0 Å². The van der Waals surface area contributed by atoms with Gasteiger partial charge in [0.15, 0.2) is 0 Å². The van der Waals surface area contributed by atoms with Gasteiger partial charge in [-0.3, -0.25) is 9.59 Å². The van der Waals surface area contributed by atoms with Crippen molar-refractivity contribution in [2.75, 3.05) is 18.1 Å². The number of hydrogen-bond acceptors (Lipinski definition) is 3. The average Bonchev–Trinajstić information content (AvgIpc) is 2.75. The summed E-state index contributed by atoms with van der Waals surface area (Å²) in [5.74, 6) is -0.572. The van der Waals surface area contributed by atoms with Gasteiger partial charge in [-0.1, -0.05) is 34.8 Å². The van der Waals surface area contributed by atoms with Gasteiger partial charge in [0.2, 0.25) is 0 Å². The van der Waals surface area contributed by atoms with Gasteiger partial charge in [0.1, 0.15) is 12.4 Å². The number of benzene rings is 2. The second-order valence-corrected chi connectivity index (χ2v) is 6.07. The lowest BCUT2D eigenvalue weighted by Gasteiger charge is -2.17. The van der Waals surface area contributed by atoms with Crippen molar-refractivity contribution >= 4 is 40.6 Å². The summed E-state index contributed by atoms with van der Waals surface area (Å²) in [7, 11) is 0. The SMILES string of the molecule is Cc1ccc2c(c1)C(=O)C(=O)N2CCOc1cc(Cl)ccc1Cl. The molecule has 0 aromatic heterocycles. The molecular weight excluding hydrogens is 337 g/mol. The number of nitrogens with zero attached hydrogens (tertiary/aromatic N) is 1. The molecule has 0 unspecified atom stereocenters. The first-order chi connectivity index (χ1) is 11.0. The number of carbonyl (C=O) groups is 2. The van der Waals surface area contributed by atoms with Crippen LogP contribution in [0.1, 0.15) is 15.9 Å². The van der Waals surface area contributed by atoms with Crippen LogP contribution in [0, 0.1) is 6.92 Å². The van der Waals surface area contributed by atoms with Gasteiger partial charge in [0.05, 0.1) is 22.8 Å². The van der Waals surface area contributed by atoms with E-state index in [9.17, 15) is 9.59 Å². The zero-order chi connectivity index (χ0) is 16.6. The minimum Gasteiger partial charge on any atom is -0.490 e. The van der Waals surface area contributed by atoms with Crippen molar-refractivity contribution in [3.05, 3.63) is 57.6 Å². The molecule has 1 aliphatic heterocycles. The van der Waals surface area contributed by atoms with Crippen LogP contribution in [0.25, 0.3) is 0 Å². The summed E-state index contributed by atoms with van der Waals surface area (Å²) in [6.07, 6.45) is 0. The number of Topliss-reactive ketones (excluding diaryl/α,β-unsaturated/α-hetero) is 1. The lowest BCUT2D eigenvalue weighted by molar-refractivity contribution is -0.114. The van der Waals surface area contributed by atoms with Crippen molar-refractivity contribution in [3.63, 3.8) is 0 Å². The first-order valence-corrected chi connectivity index (χ1v) is 7.77. The Morgan fingerprint density at radius 2 is 1.87 bits per heavy atom. The maximum absolute atomic E-state index is 12.1. The van der Waals surface area contributed by atoms with Crippen LogP contribution in [0.2, 0.25) is 10.0 Å². The lowest BCUT2D eigenvalue weighted by Crippen LogP contribution is -2.33. The summed E-state index contributed by atoms with van der Waals surface area (Å²) < 4.78 is 5.58. The topological polar surface area (TPSA) is 46.6 Å². The van der Waals surface area contributed by atoms with Crippen molar-refractivity contribution < 1.29 is 14.3 Å². The smallest absolute Gasteiger partial charge is 0.299 e. The van der Waals surface area contributed by atoms with Crippen molar-refractivity contribution in [1.82, 2.24) is 0 Å². The number of hydrogen-bond donors (Lipinski definition) is 0. The second-order valence-electron chi connectivity index (χ2n) is 5.23.